The number of aliphatic carboxylic acids is 1. The first-order valence-electron chi connectivity index (χ1n) is 6.07. The van der Waals surface area contributed by atoms with Crippen molar-refractivity contribution in [3.8, 4) is 5.75 Å². The predicted octanol–water partition coefficient (Wildman–Crippen LogP) is 2.88. The van der Waals surface area contributed by atoms with Gasteiger partial charge in [-0.1, -0.05) is 19.1 Å². The molecule has 1 aromatic carbocycles. The van der Waals surface area contributed by atoms with Crippen molar-refractivity contribution in [2.45, 2.75) is 32.6 Å². The minimum Gasteiger partial charge on any atom is -0.493 e. The van der Waals surface area contributed by atoms with E-state index < -0.39 is 5.97 Å². The molecular weight excluding hydrogens is 216 g/mol. The van der Waals surface area contributed by atoms with Crippen LogP contribution >= 0.6 is 0 Å². The predicted molar refractivity (Wildman–Crippen MR) is 65.2 cm³/mol. The number of ether oxygens (including phenoxy) is 1. The normalized spacial score (nSPS) is 16.5. The summed E-state index contributed by atoms with van der Waals surface area (Å²) >= 11 is 0. The van der Waals surface area contributed by atoms with Crippen molar-refractivity contribution < 1.29 is 14.6 Å². The van der Waals surface area contributed by atoms with Gasteiger partial charge in [0.05, 0.1) is 13.0 Å². The molecule has 92 valence electrons. The number of carboxylic acid groups (broad SMARTS) is 1. The average molecular weight is 234 g/mol. The minimum atomic E-state index is -0.728. The highest BCUT2D eigenvalue weighted by atomic mass is 16.5. The van der Waals surface area contributed by atoms with Crippen LogP contribution in [0.1, 0.15) is 31.7 Å². The van der Waals surface area contributed by atoms with Crippen LogP contribution in [0.15, 0.2) is 24.3 Å². The first-order valence-corrected chi connectivity index (χ1v) is 6.07. The Morgan fingerprint density at radius 1 is 1.47 bits per heavy atom. The summed E-state index contributed by atoms with van der Waals surface area (Å²) in [4.78, 5) is 10.7. The molecule has 1 aliphatic rings. The number of aryl methyl sites for hydroxylation is 1. The first-order chi connectivity index (χ1) is 8.13. The molecule has 17 heavy (non-hydrogen) atoms. The molecule has 0 spiro atoms. The number of rotatable bonds is 6. The molecule has 1 saturated carbocycles. The maximum absolute atomic E-state index is 10.7. The summed E-state index contributed by atoms with van der Waals surface area (Å²) in [5.74, 6) is 0.120. The lowest BCUT2D eigenvalue weighted by Crippen LogP contribution is -2.17. The van der Waals surface area contributed by atoms with Crippen molar-refractivity contribution in [3.63, 3.8) is 0 Å². The highest BCUT2D eigenvalue weighted by Gasteiger charge is 2.45. The Labute approximate surface area is 101 Å². The summed E-state index contributed by atoms with van der Waals surface area (Å²) in [7, 11) is 0. The largest absolute Gasteiger partial charge is 0.493 e. The van der Waals surface area contributed by atoms with Gasteiger partial charge >= 0.3 is 5.97 Å². The second-order valence-corrected chi connectivity index (χ2v) is 4.86. The molecule has 0 aliphatic heterocycles. The van der Waals surface area contributed by atoms with Crippen molar-refractivity contribution in [2.24, 2.45) is 5.41 Å². The molecule has 1 aromatic rings. The van der Waals surface area contributed by atoms with E-state index in [4.69, 9.17) is 9.84 Å². The zero-order chi connectivity index (χ0) is 12.3. The van der Waals surface area contributed by atoms with Crippen molar-refractivity contribution in [3.05, 3.63) is 29.8 Å². The molecule has 0 bridgehead atoms. The van der Waals surface area contributed by atoms with E-state index in [1.54, 1.807) is 0 Å². The Hall–Kier alpha value is -1.51. The summed E-state index contributed by atoms with van der Waals surface area (Å²) in [6.07, 6.45) is 3.14. The molecular formula is C14H18O3. The molecule has 0 unspecified atom stereocenters. The SMILES string of the molecule is CCc1cccc(OCC2(CC(=O)O)CC2)c1. The zero-order valence-electron chi connectivity index (χ0n) is 10.1. The van der Waals surface area contributed by atoms with Crippen LogP contribution in [0.3, 0.4) is 0 Å². The van der Waals surface area contributed by atoms with Crippen molar-refractivity contribution in [1.82, 2.24) is 0 Å². The fourth-order valence-corrected chi connectivity index (χ4v) is 1.96. The van der Waals surface area contributed by atoms with Gasteiger partial charge in [0, 0.05) is 5.41 Å². The number of hydrogen-bond acceptors (Lipinski definition) is 2. The Balaban J connectivity index is 1.91. The topological polar surface area (TPSA) is 46.5 Å². The molecule has 2 rings (SSSR count). The third-order valence-corrected chi connectivity index (χ3v) is 3.34. The second kappa shape index (κ2) is 4.78. The number of benzene rings is 1. The Kier molecular flexibility index (Phi) is 3.36. The Morgan fingerprint density at radius 2 is 2.24 bits per heavy atom. The van der Waals surface area contributed by atoms with E-state index >= 15 is 0 Å². The maximum atomic E-state index is 10.7. The third kappa shape index (κ3) is 3.22. The molecule has 1 fully saturated rings. The number of carboxylic acids is 1. The van der Waals surface area contributed by atoms with Gasteiger partial charge in [0.1, 0.15) is 5.75 Å². The highest BCUT2D eigenvalue weighted by molar-refractivity contribution is 5.68. The smallest absolute Gasteiger partial charge is 0.304 e. The van der Waals surface area contributed by atoms with Crippen LogP contribution < -0.4 is 4.74 Å². The van der Waals surface area contributed by atoms with Crippen LogP contribution in [0, 0.1) is 5.41 Å². The number of carbonyl (C=O) groups is 1. The lowest BCUT2D eigenvalue weighted by atomic mass is 10.0. The van der Waals surface area contributed by atoms with E-state index in [-0.39, 0.29) is 11.8 Å². The van der Waals surface area contributed by atoms with Gasteiger partial charge in [0.25, 0.3) is 0 Å². The first kappa shape index (κ1) is 12.0. The molecule has 0 radical (unpaired) electrons. The van der Waals surface area contributed by atoms with Gasteiger partial charge in [-0.15, -0.1) is 0 Å². The fraction of sp³-hybridized carbons (Fsp3) is 0.500. The van der Waals surface area contributed by atoms with Gasteiger partial charge in [-0.3, -0.25) is 4.79 Å². The third-order valence-electron chi connectivity index (χ3n) is 3.34. The highest BCUT2D eigenvalue weighted by Crippen LogP contribution is 2.48. The second-order valence-electron chi connectivity index (χ2n) is 4.86. The van der Waals surface area contributed by atoms with E-state index in [9.17, 15) is 4.79 Å². The summed E-state index contributed by atoms with van der Waals surface area (Å²) in [5, 5.41) is 8.81. The van der Waals surface area contributed by atoms with E-state index in [0.717, 1.165) is 25.0 Å². The maximum Gasteiger partial charge on any atom is 0.304 e. The molecule has 3 nitrogen and oxygen atoms in total. The van der Waals surface area contributed by atoms with Gasteiger partial charge in [-0.05, 0) is 37.0 Å². The zero-order valence-corrected chi connectivity index (χ0v) is 10.1. The van der Waals surface area contributed by atoms with Crippen LogP contribution in [-0.2, 0) is 11.2 Å². The van der Waals surface area contributed by atoms with Crippen molar-refractivity contribution in [2.75, 3.05) is 6.61 Å². The van der Waals surface area contributed by atoms with Gasteiger partial charge in [0.2, 0.25) is 0 Å². The number of hydrogen-bond donors (Lipinski definition) is 1. The molecule has 1 N–H and O–H groups in total. The van der Waals surface area contributed by atoms with Crippen LogP contribution in [0.4, 0.5) is 0 Å². The average Bonchev–Trinajstić information content (AvgIpc) is 3.06. The standard InChI is InChI=1S/C14H18O3/c1-2-11-4-3-5-12(8-11)17-10-14(6-7-14)9-13(15)16/h3-5,8H,2,6-7,9-10H2,1H3,(H,15,16). The minimum absolute atomic E-state index is 0.103. The molecule has 0 saturated heterocycles. The molecule has 0 atom stereocenters. The van der Waals surface area contributed by atoms with Crippen LogP contribution in [0.25, 0.3) is 0 Å². The van der Waals surface area contributed by atoms with Gasteiger partial charge in [-0.2, -0.15) is 0 Å². The summed E-state index contributed by atoms with van der Waals surface area (Å²) in [5.41, 5.74) is 1.14. The van der Waals surface area contributed by atoms with E-state index in [2.05, 4.69) is 13.0 Å². The molecule has 3 heteroatoms. The summed E-state index contributed by atoms with van der Waals surface area (Å²) in [6, 6.07) is 7.99. The van der Waals surface area contributed by atoms with Gasteiger partial charge in [0.15, 0.2) is 0 Å². The van der Waals surface area contributed by atoms with Crippen LogP contribution in [0.2, 0.25) is 0 Å². The van der Waals surface area contributed by atoms with E-state index in [1.165, 1.54) is 5.56 Å². The van der Waals surface area contributed by atoms with Crippen molar-refractivity contribution in [1.29, 1.82) is 0 Å². The molecule has 1 aliphatic carbocycles. The monoisotopic (exact) mass is 234 g/mol. The summed E-state index contributed by atoms with van der Waals surface area (Å²) in [6.45, 7) is 2.62. The molecule has 0 heterocycles. The molecule has 0 aromatic heterocycles. The van der Waals surface area contributed by atoms with Crippen LogP contribution in [-0.4, -0.2) is 17.7 Å². The Morgan fingerprint density at radius 3 is 2.82 bits per heavy atom. The quantitative estimate of drug-likeness (QED) is 0.823. The van der Waals surface area contributed by atoms with Gasteiger partial charge in [-0.25, -0.2) is 0 Å². The van der Waals surface area contributed by atoms with E-state index in [0.29, 0.717) is 6.61 Å². The summed E-state index contributed by atoms with van der Waals surface area (Å²) < 4.78 is 5.71. The fourth-order valence-electron chi connectivity index (χ4n) is 1.96. The van der Waals surface area contributed by atoms with Gasteiger partial charge < -0.3 is 9.84 Å². The lowest BCUT2D eigenvalue weighted by molar-refractivity contribution is -0.138. The van der Waals surface area contributed by atoms with E-state index in [1.807, 2.05) is 18.2 Å². The molecule has 0 amide bonds. The lowest BCUT2D eigenvalue weighted by Gasteiger charge is -2.14. The Bertz CT molecular complexity index is 408. The van der Waals surface area contributed by atoms with Crippen LogP contribution in [0.5, 0.6) is 5.75 Å². The van der Waals surface area contributed by atoms with Crippen molar-refractivity contribution >= 4 is 5.97 Å².